The van der Waals surface area contributed by atoms with E-state index in [-0.39, 0.29) is 17.5 Å². The van der Waals surface area contributed by atoms with Crippen LogP contribution < -0.4 is 0 Å². The number of hydrogen-bond donors (Lipinski definition) is 0. The van der Waals surface area contributed by atoms with Gasteiger partial charge in [-0.2, -0.15) is 0 Å². The number of carbonyl (C=O) groups excluding carboxylic acids is 1. The molecule has 9 unspecified atom stereocenters. The topological polar surface area (TPSA) is 26.3 Å². The van der Waals surface area contributed by atoms with Crippen LogP contribution in [0.25, 0.3) is 0 Å². The predicted molar refractivity (Wildman–Crippen MR) is 82.5 cm³/mol. The van der Waals surface area contributed by atoms with Gasteiger partial charge >= 0.3 is 5.97 Å². The number of hydrogen-bond acceptors (Lipinski definition) is 2. The van der Waals surface area contributed by atoms with Crippen molar-refractivity contribution in [2.75, 3.05) is 0 Å². The summed E-state index contributed by atoms with van der Waals surface area (Å²) in [5.74, 6) is 7.07. The van der Waals surface area contributed by atoms with E-state index in [0.29, 0.717) is 5.92 Å². The lowest BCUT2D eigenvalue weighted by Gasteiger charge is -2.43. The van der Waals surface area contributed by atoms with E-state index < -0.39 is 0 Å². The molecule has 0 aromatic rings. The Balaban J connectivity index is 1.52. The maximum absolute atomic E-state index is 12.2. The van der Waals surface area contributed by atoms with Gasteiger partial charge in [-0.3, -0.25) is 4.79 Å². The molecular formula is C19H30O2. The van der Waals surface area contributed by atoms with Crippen LogP contribution in [-0.2, 0) is 9.53 Å². The van der Waals surface area contributed by atoms with E-state index in [9.17, 15) is 4.79 Å². The molecule has 4 aliphatic carbocycles. The van der Waals surface area contributed by atoms with Crippen molar-refractivity contribution in [1.82, 2.24) is 0 Å². The molecule has 0 amide bonds. The Morgan fingerprint density at radius 1 is 0.905 bits per heavy atom. The molecule has 21 heavy (non-hydrogen) atoms. The van der Waals surface area contributed by atoms with Crippen LogP contribution >= 0.6 is 0 Å². The van der Waals surface area contributed by atoms with Crippen molar-refractivity contribution in [3.05, 3.63) is 0 Å². The Labute approximate surface area is 129 Å². The van der Waals surface area contributed by atoms with Crippen molar-refractivity contribution in [2.24, 2.45) is 52.8 Å². The lowest BCUT2D eigenvalue weighted by Crippen LogP contribution is -2.42. The first kappa shape index (κ1) is 14.1. The molecule has 0 N–H and O–H groups in total. The second kappa shape index (κ2) is 4.26. The van der Waals surface area contributed by atoms with Gasteiger partial charge in [-0.15, -0.1) is 0 Å². The normalized spacial score (nSPS) is 54.0. The zero-order chi connectivity index (χ0) is 15.1. The van der Waals surface area contributed by atoms with Crippen LogP contribution in [0.1, 0.15) is 53.9 Å². The second-order valence-corrected chi connectivity index (χ2v) is 9.53. The third-order valence-electron chi connectivity index (χ3n) is 7.65. The Kier molecular flexibility index (Phi) is 2.86. The Morgan fingerprint density at radius 2 is 1.52 bits per heavy atom. The monoisotopic (exact) mass is 290 g/mol. The highest BCUT2D eigenvalue weighted by Gasteiger charge is 2.66. The molecule has 4 aliphatic rings. The molecule has 4 fully saturated rings. The van der Waals surface area contributed by atoms with Gasteiger partial charge in [0.25, 0.3) is 0 Å². The maximum Gasteiger partial charge on any atom is 0.311 e. The summed E-state index contributed by atoms with van der Waals surface area (Å²) in [6, 6.07) is 0. The molecule has 4 rings (SSSR count). The van der Waals surface area contributed by atoms with Crippen LogP contribution in [-0.4, -0.2) is 12.1 Å². The van der Waals surface area contributed by atoms with Crippen LogP contribution in [0.3, 0.4) is 0 Å². The molecule has 0 aliphatic heterocycles. The molecule has 0 spiro atoms. The lowest BCUT2D eigenvalue weighted by molar-refractivity contribution is -0.164. The van der Waals surface area contributed by atoms with Crippen molar-refractivity contribution in [3.63, 3.8) is 0 Å². The van der Waals surface area contributed by atoms with Crippen LogP contribution in [0.5, 0.6) is 0 Å². The molecule has 0 aromatic heterocycles. The fourth-order valence-electron chi connectivity index (χ4n) is 6.62. The van der Waals surface area contributed by atoms with E-state index in [1.165, 1.54) is 12.8 Å². The molecule has 2 nitrogen and oxygen atoms in total. The first-order chi connectivity index (χ1) is 9.79. The second-order valence-electron chi connectivity index (χ2n) is 9.53. The summed E-state index contributed by atoms with van der Waals surface area (Å²) in [6.07, 6.45) is 4.18. The van der Waals surface area contributed by atoms with E-state index in [2.05, 4.69) is 13.8 Å². The van der Waals surface area contributed by atoms with Crippen molar-refractivity contribution in [1.29, 1.82) is 0 Å². The number of fused-ring (bicyclic) bond motifs is 9. The summed E-state index contributed by atoms with van der Waals surface area (Å²) >= 11 is 0. The first-order valence-electron chi connectivity index (χ1n) is 9.00. The lowest BCUT2D eigenvalue weighted by atomic mass is 9.64. The van der Waals surface area contributed by atoms with E-state index in [0.717, 1.165) is 47.8 Å². The van der Waals surface area contributed by atoms with Crippen LogP contribution in [0.15, 0.2) is 0 Å². The number of carbonyl (C=O) groups is 1. The minimum Gasteiger partial charge on any atom is -0.462 e. The van der Waals surface area contributed by atoms with Crippen molar-refractivity contribution < 1.29 is 9.53 Å². The maximum atomic E-state index is 12.2. The van der Waals surface area contributed by atoms with Gasteiger partial charge in [-0.05, 0) is 87.4 Å². The van der Waals surface area contributed by atoms with Crippen molar-refractivity contribution in [2.45, 2.75) is 60.0 Å². The zero-order valence-electron chi connectivity index (χ0n) is 14.1. The van der Waals surface area contributed by atoms with Crippen LogP contribution in [0.4, 0.5) is 0 Å². The van der Waals surface area contributed by atoms with Crippen molar-refractivity contribution >= 4 is 5.97 Å². The summed E-state index contributed by atoms with van der Waals surface area (Å²) in [5, 5.41) is 0. The molecule has 118 valence electrons. The standard InChI is InChI=1S/C19H30O2/c1-9-10(2)13-8-12(9)16-11-6-14(17(13)16)15(7-11)21-18(20)19(3,4)5/h9-17H,6-8H2,1-5H3. The molecular weight excluding hydrogens is 260 g/mol. The van der Waals surface area contributed by atoms with Crippen LogP contribution in [0, 0.1) is 52.8 Å². The predicted octanol–water partition coefficient (Wildman–Crippen LogP) is 4.14. The minimum absolute atomic E-state index is 0.00109. The Hall–Kier alpha value is -0.530. The van der Waals surface area contributed by atoms with Gasteiger partial charge in [0.1, 0.15) is 6.10 Å². The fourth-order valence-corrected chi connectivity index (χ4v) is 6.62. The molecule has 2 heteroatoms. The summed E-state index contributed by atoms with van der Waals surface area (Å²) in [5.41, 5.74) is -0.363. The van der Waals surface area contributed by atoms with Gasteiger partial charge < -0.3 is 4.74 Å². The van der Waals surface area contributed by atoms with Gasteiger partial charge in [0, 0.05) is 0 Å². The zero-order valence-corrected chi connectivity index (χ0v) is 14.1. The fraction of sp³-hybridized carbons (Fsp3) is 0.947. The number of esters is 1. The van der Waals surface area contributed by atoms with Crippen LogP contribution in [0.2, 0.25) is 0 Å². The summed E-state index contributed by atoms with van der Waals surface area (Å²) in [7, 11) is 0. The third-order valence-corrected chi connectivity index (χ3v) is 7.65. The molecule has 0 radical (unpaired) electrons. The van der Waals surface area contributed by atoms with Crippen molar-refractivity contribution in [3.8, 4) is 0 Å². The van der Waals surface area contributed by atoms with Gasteiger partial charge in [-0.25, -0.2) is 0 Å². The average Bonchev–Trinajstić information content (AvgIpc) is 3.08. The Bertz CT molecular complexity index is 463. The highest BCUT2D eigenvalue weighted by Crippen LogP contribution is 2.70. The van der Waals surface area contributed by atoms with Gasteiger partial charge in [0.05, 0.1) is 5.41 Å². The number of rotatable bonds is 1. The summed E-state index contributed by atoms with van der Waals surface area (Å²) < 4.78 is 5.95. The minimum atomic E-state index is -0.363. The first-order valence-corrected chi connectivity index (χ1v) is 9.00. The van der Waals surface area contributed by atoms with Gasteiger partial charge in [0.2, 0.25) is 0 Å². The molecule has 0 saturated heterocycles. The van der Waals surface area contributed by atoms with E-state index >= 15 is 0 Å². The largest absolute Gasteiger partial charge is 0.462 e. The quantitative estimate of drug-likeness (QED) is 0.536. The average molecular weight is 290 g/mol. The molecule has 4 bridgehead atoms. The van der Waals surface area contributed by atoms with Gasteiger partial charge in [0.15, 0.2) is 0 Å². The third kappa shape index (κ3) is 1.80. The summed E-state index contributed by atoms with van der Waals surface area (Å²) in [6.45, 7) is 10.8. The van der Waals surface area contributed by atoms with Gasteiger partial charge in [-0.1, -0.05) is 13.8 Å². The summed E-state index contributed by atoms with van der Waals surface area (Å²) in [4.78, 5) is 12.2. The highest BCUT2D eigenvalue weighted by molar-refractivity contribution is 5.75. The highest BCUT2D eigenvalue weighted by atomic mass is 16.5. The van der Waals surface area contributed by atoms with E-state index in [1.54, 1.807) is 0 Å². The smallest absolute Gasteiger partial charge is 0.311 e. The molecule has 4 saturated carbocycles. The van der Waals surface area contributed by atoms with E-state index in [1.807, 2.05) is 20.8 Å². The molecule has 0 aromatic carbocycles. The molecule has 0 heterocycles. The number of ether oxygens (including phenoxy) is 1. The SMILES string of the molecule is CC1C(C)C2CC1C1C3CC(OC(=O)C(C)(C)C)C(C3)C21. The Morgan fingerprint density at radius 3 is 2.14 bits per heavy atom. The molecule has 9 atom stereocenters. The van der Waals surface area contributed by atoms with E-state index in [4.69, 9.17) is 4.74 Å².